The summed E-state index contributed by atoms with van der Waals surface area (Å²) in [5, 5.41) is 0. The van der Waals surface area contributed by atoms with Gasteiger partial charge in [-0.1, -0.05) is 24.8 Å². The van der Waals surface area contributed by atoms with Gasteiger partial charge in [0.25, 0.3) is 0 Å². The monoisotopic (exact) mass is 150 g/mol. The van der Waals surface area contributed by atoms with Crippen molar-refractivity contribution >= 4 is 18.7 Å². The minimum absolute atomic E-state index is 1.03. The number of hydrogen-bond acceptors (Lipinski definition) is 1. The molecule has 0 aliphatic carbocycles. The van der Waals surface area contributed by atoms with E-state index in [4.69, 9.17) is 0 Å². The summed E-state index contributed by atoms with van der Waals surface area (Å²) in [5.41, 5.74) is 2.34. The predicted molar refractivity (Wildman–Crippen MR) is 48.5 cm³/mol. The van der Waals surface area contributed by atoms with E-state index in [9.17, 15) is 0 Å². The highest BCUT2D eigenvalue weighted by Crippen LogP contribution is 2.14. The van der Waals surface area contributed by atoms with Crippen LogP contribution >= 0.6 is 12.6 Å². The summed E-state index contributed by atoms with van der Waals surface area (Å²) >= 11 is 4.25. The summed E-state index contributed by atoms with van der Waals surface area (Å²) in [4.78, 5) is 1.03. The van der Waals surface area contributed by atoms with Gasteiger partial charge in [0.15, 0.2) is 0 Å². The van der Waals surface area contributed by atoms with Crippen molar-refractivity contribution in [2.45, 2.75) is 11.8 Å². The lowest BCUT2D eigenvalue weighted by Gasteiger charge is -1.98. The Labute approximate surface area is 67.0 Å². The minimum atomic E-state index is 1.03. The maximum Gasteiger partial charge on any atom is 0.00696 e. The predicted octanol–water partition coefficient (Wildman–Crippen LogP) is 2.93. The van der Waals surface area contributed by atoms with Crippen molar-refractivity contribution < 1.29 is 0 Å². The van der Waals surface area contributed by atoms with Gasteiger partial charge in [0.2, 0.25) is 0 Å². The zero-order valence-corrected chi connectivity index (χ0v) is 6.86. The normalized spacial score (nSPS) is 9.40. The van der Waals surface area contributed by atoms with Gasteiger partial charge in [-0.2, -0.15) is 0 Å². The first-order valence-electron chi connectivity index (χ1n) is 3.16. The fourth-order valence-electron chi connectivity index (χ4n) is 0.806. The second kappa shape index (κ2) is 2.93. The smallest absolute Gasteiger partial charge is 0.00696 e. The Bertz CT molecular complexity index is 251. The van der Waals surface area contributed by atoms with Gasteiger partial charge >= 0.3 is 0 Å². The van der Waals surface area contributed by atoms with Crippen LogP contribution in [0.15, 0.2) is 29.7 Å². The van der Waals surface area contributed by atoms with Crippen LogP contribution in [0.1, 0.15) is 11.1 Å². The molecule has 0 radical (unpaired) electrons. The Morgan fingerprint density at radius 3 is 2.70 bits per heavy atom. The Morgan fingerprint density at radius 1 is 1.50 bits per heavy atom. The van der Waals surface area contributed by atoms with Gasteiger partial charge in [-0.15, -0.1) is 12.6 Å². The van der Waals surface area contributed by atoms with Crippen molar-refractivity contribution in [1.82, 2.24) is 0 Å². The van der Waals surface area contributed by atoms with E-state index in [1.54, 1.807) is 0 Å². The average molecular weight is 150 g/mol. The van der Waals surface area contributed by atoms with Crippen LogP contribution < -0.4 is 0 Å². The van der Waals surface area contributed by atoms with Crippen molar-refractivity contribution in [3.8, 4) is 0 Å². The molecule has 1 rings (SSSR count). The molecule has 0 saturated carbocycles. The van der Waals surface area contributed by atoms with Crippen molar-refractivity contribution in [1.29, 1.82) is 0 Å². The van der Waals surface area contributed by atoms with E-state index in [1.165, 1.54) is 5.56 Å². The Kier molecular flexibility index (Phi) is 2.17. The van der Waals surface area contributed by atoms with E-state index < -0.39 is 0 Å². The van der Waals surface area contributed by atoms with Gasteiger partial charge in [0.1, 0.15) is 0 Å². The van der Waals surface area contributed by atoms with Gasteiger partial charge < -0.3 is 0 Å². The molecule has 1 aromatic carbocycles. The molecular formula is C9H10S. The summed E-state index contributed by atoms with van der Waals surface area (Å²) in [6.45, 7) is 5.71. The molecule has 0 aliphatic heterocycles. The van der Waals surface area contributed by atoms with Crippen LogP contribution in [0, 0.1) is 6.92 Å². The number of rotatable bonds is 1. The highest BCUT2D eigenvalue weighted by atomic mass is 32.1. The highest BCUT2D eigenvalue weighted by Gasteiger charge is 1.91. The van der Waals surface area contributed by atoms with Gasteiger partial charge in [0.05, 0.1) is 0 Å². The van der Waals surface area contributed by atoms with Crippen molar-refractivity contribution in [3.63, 3.8) is 0 Å². The Balaban J connectivity index is 3.16. The van der Waals surface area contributed by atoms with Crippen molar-refractivity contribution in [2.75, 3.05) is 0 Å². The van der Waals surface area contributed by atoms with Gasteiger partial charge in [-0.05, 0) is 24.1 Å². The molecule has 1 heteroatoms. The first-order valence-corrected chi connectivity index (χ1v) is 3.61. The summed E-state index contributed by atoms with van der Waals surface area (Å²) in [6.07, 6.45) is 1.83. The summed E-state index contributed by atoms with van der Waals surface area (Å²) in [5.74, 6) is 0. The van der Waals surface area contributed by atoms with Gasteiger partial charge in [-0.25, -0.2) is 0 Å². The second-order valence-corrected chi connectivity index (χ2v) is 2.73. The van der Waals surface area contributed by atoms with Crippen molar-refractivity contribution in [3.05, 3.63) is 35.9 Å². The quantitative estimate of drug-likeness (QED) is 0.585. The van der Waals surface area contributed by atoms with Crippen LogP contribution in [-0.2, 0) is 0 Å². The molecule has 10 heavy (non-hydrogen) atoms. The topological polar surface area (TPSA) is 0 Å². The highest BCUT2D eigenvalue weighted by molar-refractivity contribution is 7.80. The molecule has 0 unspecified atom stereocenters. The molecule has 0 heterocycles. The number of aryl methyl sites for hydroxylation is 1. The third-order valence-corrected chi connectivity index (χ3v) is 1.96. The molecule has 0 N–H and O–H groups in total. The molecule has 0 amide bonds. The molecule has 1 aromatic rings. The average Bonchev–Trinajstić information content (AvgIpc) is 1.95. The van der Waals surface area contributed by atoms with E-state index in [-0.39, 0.29) is 0 Å². The SMILES string of the molecule is C=Cc1ccc(S)c(C)c1. The number of benzene rings is 1. The molecule has 52 valence electrons. The zero-order valence-electron chi connectivity index (χ0n) is 5.96. The molecule has 0 atom stereocenters. The number of hydrogen-bond donors (Lipinski definition) is 1. The van der Waals surface area contributed by atoms with Crippen LogP contribution in [0.3, 0.4) is 0 Å². The molecule has 0 spiro atoms. The third kappa shape index (κ3) is 1.42. The van der Waals surface area contributed by atoms with E-state index in [1.807, 2.05) is 25.1 Å². The summed E-state index contributed by atoms with van der Waals surface area (Å²) in [7, 11) is 0. The largest absolute Gasteiger partial charge is 0.143 e. The standard InChI is InChI=1S/C9H10S/c1-3-8-4-5-9(10)7(2)6-8/h3-6,10H,1H2,2H3. The molecule has 0 saturated heterocycles. The molecule has 0 aromatic heterocycles. The van der Waals surface area contributed by atoms with E-state index >= 15 is 0 Å². The first-order chi connectivity index (χ1) is 4.74. The summed E-state index contributed by atoms with van der Waals surface area (Å²) < 4.78 is 0. The lowest BCUT2D eigenvalue weighted by atomic mass is 10.1. The van der Waals surface area contributed by atoms with E-state index in [0.717, 1.165) is 10.5 Å². The molecule has 0 nitrogen and oxygen atoms in total. The van der Waals surface area contributed by atoms with Crippen LogP contribution in [0.4, 0.5) is 0 Å². The lowest BCUT2D eigenvalue weighted by molar-refractivity contribution is 1.30. The fraction of sp³-hybridized carbons (Fsp3) is 0.111. The molecule has 0 bridgehead atoms. The van der Waals surface area contributed by atoms with Crippen LogP contribution in [-0.4, -0.2) is 0 Å². The number of thiol groups is 1. The third-order valence-electron chi connectivity index (χ3n) is 1.46. The maximum atomic E-state index is 4.25. The van der Waals surface area contributed by atoms with Gasteiger partial charge in [-0.3, -0.25) is 0 Å². The van der Waals surface area contributed by atoms with Gasteiger partial charge in [0, 0.05) is 4.90 Å². The zero-order chi connectivity index (χ0) is 7.56. The van der Waals surface area contributed by atoms with Crippen LogP contribution in [0.25, 0.3) is 6.08 Å². The first kappa shape index (κ1) is 7.42. The lowest BCUT2D eigenvalue weighted by Crippen LogP contribution is -1.77. The Hall–Kier alpha value is -0.690. The Morgan fingerprint density at radius 2 is 2.20 bits per heavy atom. The maximum absolute atomic E-state index is 4.25. The molecule has 0 fully saturated rings. The van der Waals surface area contributed by atoms with E-state index in [0.29, 0.717) is 0 Å². The second-order valence-electron chi connectivity index (χ2n) is 2.25. The molecule has 0 aliphatic rings. The summed E-state index contributed by atoms with van der Waals surface area (Å²) in [6, 6.07) is 6.05. The fourth-order valence-corrected chi connectivity index (χ4v) is 0.945. The van der Waals surface area contributed by atoms with Crippen LogP contribution in [0.5, 0.6) is 0 Å². The van der Waals surface area contributed by atoms with E-state index in [2.05, 4.69) is 25.3 Å². The molecular weight excluding hydrogens is 140 g/mol. The van der Waals surface area contributed by atoms with Crippen LogP contribution in [0.2, 0.25) is 0 Å². The van der Waals surface area contributed by atoms with Crippen molar-refractivity contribution in [2.24, 2.45) is 0 Å². The minimum Gasteiger partial charge on any atom is -0.143 e.